The maximum atomic E-state index is 13.6. The molecule has 0 aromatic heterocycles. The first kappa shape index (κ1) is 33.5. The zero-order valence-corrected chi connectivity index (χ0v) is 28.1. The fraction of sp³-hybridized carbons (Fsp3) is 0.186. The minimum atomic E-state index is -1.33. The number of amides is 1. The summed E-state index contributed by atoms with van der Waals surface area (Å²) in [5, 5.41) is 0.457. The maximum Gasteiger partial charge on any atom is 0.307 e. The molecule has 244 valence electrons. The van der Waals surface area contributed by atoms with E-state index < -0.39 is 11.6 Å². The Hall–Kier alpha value is -5.44. The Labute approximate surface area is 292 Å². The van der Waals surface area contributed by atoms with Crippen molar-refractivity contribution < 1.29 is 19.1 Å². The van der Waals surface area contributed by atoms with Crippen molar-refractivity contribution in [3.05, 3.63) is 171 Å². The van der Waals surface area contributed by atoms with Crippen molar-refractivity contribution in [1.82, 2.24) is 0 Å². The van der Waals surface area contributed by atoms with Crippen molar-refractivity contribution in [2.75, 3.05) is 4.90 Å². The SMILES string of the molecule is Cc1ccc(C(OC(=O)CCC(=O)CCCC(=O)N2Cc3ccccc3C#Cc3ccccc32)(c2ccccc2)c2ccccc2Cl)cc1. The van der Waals surface area contributed by atoms with Crippen LogP contribution < -0.4 is 4.90 Å². The van der Waals surface area contributed by atoms with Gasteiger partial charge < -0.3 is 9.64 Å². The van der Waals surface area contributed by atoms with E-state index in [9.17, 15) is 14.4 Å². The molecule has 0 radical (unpaired) electrons. The van der Waals surface area contributed by atoms with Crippen LogP contribution >= 0.6 is 11.6 Å². The molecule has 1 atom stereocenters. The highest BCUT2D eigenvalue weighted by molar-refractivity contribution is 6.31. The summed E-state index contributed by atoms with van der Waals surface area (Å²) < 4.78 is 6.43. The number of hydrogen-bond donors (Lipinski definition) is 0. The van der Waals surface area contributed by atoms with E-state index in [0.29, 0.717) is 23.6 Å². The van der Waals surface area contributed by atoms with Crippen LogP contribution in [0.2, 0.25) is 5.02 Å². The average molecular weight is 666 g/mol. The fourth-order valence-electron chi connectivity index (χ4n) is 6.23. The number of carbonyl (C=O) groups excluding carboxylic acids is 3. The molecule has 5 nitrogen and oxygen atoms in total. The highest BCUT2D eigenvalue weighted by Gasteiger charge is 2.42. The molecule has 1 unspecified atom stereocenters. The van der Waals surface area contributed by atoms with E-state index in [-0.39, 0.29) is 37.4 Å². The molecule has 0 saturated heterocycles. The zero-order chi connectivity index (χ0) is 34.2. The molecule has 1 amide bonds. The van der Waals surface area contributed by atoms with Gasteiger partial charge in [-0.15, -0.1) is 0 Å². The largest absolute Gasteiger partial charge is 0.444 e. The third-order valence-electron chi connectivity index (χ3n) is 8.79. The van der Waals surface area contributed by atoms with Crippen LogP contribution in [0.15, 0.2) is 127 Å². The lowest BCUT2D eigenvalue weighted by atomic mass is 9.79. The summed E-state index contributed by atoms with van der Waals surface area (Å²) >= 11 is 6.78. The second kappa shape index (κ2) is 15.2. The number of carbonyl (C=O) groups is 3. The van der Waals surface area contributed by atoms with Crippen LogP contribution in [0.5, 0.6) is 0 Å². The number of aryl methyl sites for hydroxylation is 1. The predicted molar refractivity (Wildman–Crippen MR) is 193 cm³/mol. The summed E-state index contributed by atoms with van der Waals surface area (Å²) in [5.74, 6) is 5.74. The Morgan fingerprint density at radius 3 is 2.10 bits per heavy atom. The van der Waals surface area contributed by atoms with Gasteiger partial charge in [-0.2, -0.15) is 0 Å². The number of benzene rings is 5. The number of anilines is 1. The Balaban J connectivity index is 1.13. The van der Waals surface area contributed by atoms with Crippen molar-refractivity contribution >= 4 is 34.9 Å². The molecule has 0 saturated carbocycles. The lowest BCUT2D eigenvalue weighted by molar-refractivity contribution is -0.154. The van der Waals surface area contributed by atoms with Crippen molar-refractivity contribution in [3.8, 4) is 11.8 Å². The molecule has 5 aromatic rings. The minimum absolute atomic E-state index is 0.00380. The van der Waals surface area contributed by atoms with Gasteiger partial charge in [-0.25, -0.2) is 0 Å². The lowest BCUT2D eigenvalue weighted by Gasteiger charge is -2.36. The van der Waals surface area contributed by atoms with Gasteiger partial charge >= 0.3 is 5.97 Å². The number of halogens is 1. The molecule has 0 spiro atoms. The summed E-state index contributed by atoms with van der Waals surface area (Å²) in [7, 11) is 0. The van der Waals surface area contributed by atoms with Crippen LogP contribution in [-0.2, 0) is 31.3 Å². The molecule has 0 bridgehead atoms. The topological polar surface area (TPSA) is 63.7 Å². The summed E-state index contributed by atoms with van der Waals surface area (Å²) in [6, 6.07) is 40.1. The molecule has 1 heterocycles. The minimum Gasteiger partial charge on any atom is -0.444 e. The van der Waals surface area contributed by atoms with Crippen LogP contribution in [0.4, 0.5) is 5.69 Å². The number of hydrogen-bond acceptors (Lipinski definition) is 4. The molecular weight excluding hydrogens is 630 g/mol. The number of ketones is 1. The zero-order valence-electron chi connectivity index (χ0n) is 27.3. The van der Waals surface area contributed by atoms with Crippen molar-refractivity contribution in [2.45, 2.75) is 51.2 Å². The van der Waals surface area contributed by atoms with Crippen LogP contribution in [0.1, 0.15) is 71.0 Å². The second-order valence-corrected chi connectivity index (χ2v) is 12.6. The van der Waals surface area contributed by atoms with Crippen molar-refractivity contribution in [3.63, 3.8) is 0 Å². The molecule has 1 aliphatic rings. The number of para-hydroxylation sites is 1. The maximum absolute atomic E-state index is 13.6. The van der Waals surface area contributed by atoms with Crippen LogP contribution in [0.25, 0.3) is 0 Å². The Morgan fingerprint density at radius 2 is 1.33 bits per heavy atom. The van der Waals surface area contributed by atoms with E-state index >= 15 is 0 Å². The summed E-state index contributed by atoms with van der Waals surface area (Å²) in [6.45, 7) is 2.40. The van der Waals surface area contributed by atoms with E-state index in [4.69, 9.17) is 16.3 Å². The van der Waals surface area contributed by atoms with E-state index in [1.807, 2.05) is 128 Å². The normalized spacial score (nSPS) is 13.0. The van der Waals surface area contributed by atoms with Crippen LogP contribution in [-0.4, -0.2) is 17.7 Å². The number of ether oxygens (including phenoxy) is 1. The number of fused-ring (bicyclic) bond motifs is 2. The Morgan fingerprint density at radius 1 is 0.694 bits per heavy atom. The lowest BCUT2D eigenvalue weighted by Crippen LogP contribution is -2.35. The molecule has 0 aliphatic carbocycles. The number of nitrogens with zero attached hydrogens (tertiary/aromatic N) is 1. The van der Waals surface area contributed by atoms with E-state index in [0.717, 1.165) is 39.1 Å². The predicted octanol–water partition coefficient (Wildman–Crippen LogP) is 8.95. The van der Waals surface area contributed by atoms with Gasteiger partial charge in [0.1, 0.15) is 5.78 Å². The highest BCUT2D eigenvalue weighted by atomic mass is 35.5. The van der Waals surface area contributed by atoms with Crippen molar-refractivity contribution in [1.29, 1.82) is 0 Å². The third kappa shape index (κ3) is 7.51. The van der Waals surface area contributed by atoms with E-state index in [1.165, 1.54) is 0 Å². The Bertz CT molecular complexity index is 2040. The van der Waals surface area contributed by atoms with Gasteiger partial charge in [-0.1, -0.05) is 132 Å². The van der Waals surface area contributed by atoms with Crippen LogP contribution in [0.3, 0.4) is 0 Å². The molecule has 6 rings (SSSR count). The average Bonchev–Trinajstić information content (AvgIpc) is 3.12. The molecule has 0 N–H and O–H groups in total. The first-order valence-electron chi connectivity index (χ1n) is 16.5. The number of Topliss-reactive ketones (excluding diaryl/α,β-unsaturated/α-hetero) is 1. The molecule has 49 heavy (non-hydrogen) atoms. The van der Waals surface area contributed by atoms with Gasteiger partial charge in [-0.05, 0) is 43.2 Å². The van der Waals surface area contributed by atoms with Gasteiger partial charge in [0.15, 0.2) is 5.60 Å². The molecular formula is C43H36ClNO4. The summed E-state index contributed by atoms with van der Waals surface area (Å²) in [5.41, 5.74) is 5.27. The molecule has 5 aromatic carbocycles. The van der Waals surface area contributed by atoms with Gasteiger partial charge in [0.05, 0.1) is 18.7 Å². The highest BCUT2D eigenvalue weighted by Crippen LogP contribution is 2.44. The monoisotopic (exact) mass is 665 g/mol. The standard InChI is InChI=1S/C43H36ClNO4/c1-31-22-26-36(27-23-31)43(35-15-3-2-4-16-35,38-18-8-9-19-39(38)44)49-42(48)29-28-37(46)17-11-21-41(47)45-30-34-14-6-5-12-32(34)24-25-33-13-7-10-20-40(33)45/h2-10,12-16,18-20,22-23,26-27H,11,17,21,28-30H2,1H3. The molecule has 0 fully saturated rings. The second-order valence-electron chi connectivity index (χ2n) is 12.2. The first-order chi connectivity index (χ1) is 23.8. The van der Waals surface area contributed by atoms with Crippen molar-refractivity contribution in [2.24, 2.45) is 0 Å². The van der Waals surface area contributed by atoms with E-state index in [2.05, 4.69) is 11.8 Å². The first-order valence-corrected chi connectivity index (χ1v) is 16.8. The fourth-order valence-corrected chi connectivity index (χ4v) is 6.49. The van der Waals surface area contributed by atoms with Gasteiger partial charge in [0.25, 0.3) is 0 Å². The summed E-state index contributed by atoms with van der Waals surface area (Å²) in [4.78, 5) is 42.0. The van der Waals surface area contributed by atoms with Gasteiger partial charge in [-0.3, -0.25) is 14.4 Å². The number of rotatable bonds is 11. The van der Waals surface area contributed by atoms with Gasteiger partial charge in [0.2, 0.25) is 5.91 Å². The quantitative estimate of drug-likeness (QED) is 0.0803. The smallest absolute Gasteiger partial charge is 0.307 e. The third-order valence-corrected chi connectivity index (χ3v) is 9.12. The summed E-state index contributed by atoms with van der Waals surface area (Å²) in [6.07, 6.45) is 0.639. The molecule has 1 aliphatic heterocycles. The van der Waals surface area contributed by atoms with E-state index in [1.54, 1.807) is 11.0 Å². The van der Waals surface area contributed by atoms with Gasteiger partial charge in [0, 0.05) is 52.1 Å². The Kier molecular flexibility index (Phi) is 10.4. The van der Waals surface area contributed by atoms with Crippen LogP contribution in [0, 0.1) is 18.8 Å². The molecule has 6 heteroatoms. The number of esters is 1.